The second-order valence-electron chi connectivity index (χ2n) is 6.50. The van der Waals surface area contributed by atoms with Crippen molar-refractivity contribution in [2.45, 2.75) is 31.6 Å². The van der Waals surface area contributed by atoms with Crippen LogP contribution in [-0.4, -0.2) is 22.7 Å². The number of anilines is 1. The molecule has 9 nitrogen and oxygen atoms in total. The molecule has 2 aromatic carbocycles. The number of rotatable bonds is 6. The van der Waals surface area contributed by atoms with E-state index in [0.29, 0.717) is 0 Å². The van der Waals surface area contributed by atoms with Gasteiger partial charge >= 0.3 is 5.69 Å². The zero-order valence-corrected chi connectivity index (χ0v) is 15.3. The summed E-state index contributed by atoms with van der Waals surface area (Å²) in [7, 11) is 1.61. The molecule has 2 aromatic rings. The average molecular weight is 384 g/mol. The van der Waals surface area contributed by atoms with Crippen LogP contribution in [0.4, 0.5) is 17.1 Å². The Hall–Kier alpha value is -3.49. The van der Waals surface area contributed by atoms with Crippen molar-refractivity contribution in [1.29, 1.82) is 0 Å². The molecular formula is C19H20N4O5. The first-order chi connectivity index (χ1) is 13.5. The van der Waals surface area contributed by atoms with Gasteiger partial charge in [0.15, 0.2) is 0 Å². The molecule has 0 saturated heterocycles. The van der Waals surface area contributed by atoms with Gasteiger partial charge in [-0.1, -0.05) is 18.6 Å². The Morgan fingerprint density at radius 2 is 1.82 bits per heavy atom. The minimum absolute atomic E-state index is 0.115. The number of benzene rings is 2. The predicted molar refractivity (Wildman–Crippen MR) is 105 cm³/mol. The van der Waals surface area contributed by atoms with Crippen molar-refractivity contribution in [1.82, 2.24) is 0 Å². The molecule has 1 aliphatic rings. The lowest BCUT2D eigenvalue weighted by atomic mass is 9.82. The van der Waals surface area contributed by atoms with Gasteiger partial charge in [0.25, 0.3) is 5.69 Å². The first-order valence-electron chi connectivity index (χ1n) is 8.89. The van der Waals surface area contributed by atoms with E-state index in [1.807, 2.05) is 24.3 Å². The van der Waals surface area contributed by atoms with E-state index in [1.165, 1.54) is 12.1 Å². The molecule has 0 heterocycles. The number of nitrogens with one attached hydrogen (secondary N) is 1. The molecule has 3 rings (SSSR count). The van der Waals surface area contributed by atoms with Gasteiger partial charge in [-0.25, -0.2) is 0 Å². The van der Waals surface area contributed by atoms with Crippen molar-refractivity contribution in [3.63, 3.8) is 0 Å². The fourth-order valence-corrected chi connectivity index (χ4v) is 3.34. The van der Waals surface area contributed by atoms with E-state index in [2.05, 4.69) is 10.5 Å². The second-order valence-corrected chi connectivity index (χ2v) is 6.50. The van der Waals surface area contributed by atoms with Crippen LogP contribution in [0.3, 0.4) is 0 Å². The smallest absolute Gasteiger partial charge is 0.301 e. The summed E-state index contributed by atoms with van der Waals surface area (Å²) in [6.45, 7) is 0. The molecule has 1 fully saturated rings. The van der Waals surface area contributed by atoms with E-state index in [0.717, 1.165) is 48.8 Å². The Balaban J connectivity index is 1.86. The van der Waals surface area contributed by atoms with Gasteiger partial charge in [-0.3, -0.25) is 25.7 Å². The van der Waals surface area contributed by atoms with E-state index in [9.17, 15) is 20.2 Å². The molecule has 0 aliphatic heterocycles. The van der Waals surface area contributed by atoms with Crippen molar-refractivity contribution < 1.29 is 14.6 Å². The summed E-state index contributed by atoms with van der Waals surface area (Å²) in [6.07, 6.45) is 3.79. The molecule has 0 radical (unpaired) electrons. The van der Waals surface area contributed by atoms with E-state index in [-0.39, 0.29) is 23.0 Å². The van der Waals surface area contributed by atoms with Gasteiger partial charge in [0.1, 0.15) is 11.4 Å². The molecule has 1 saturated carbocycles. The number of hydrogen-bond acceptors (Lipinski definition) is 7. The first kappa shape index (κ1) is 19.3. The Bertz CT molecular complexity index is 911. The third-order valence-electron chi connectivity index (χ3n) is 4.80. The zero-order chi connectivity index (χ0) is 20.1. The van der Waals surface area contributed by atoms with Crippen molar-refractivity contribution in [3.8, 4) is 5.75 Å². The van der Waals surface area contributed by atoms with Crippen LogP contribution in [0.2, 0.25) is 0 Å². The monoisotopic (exact) mass is 384 g/mol. The van der Waals surface area contributed by atoms with Gasteiger partial charge in [-0.15, -0.1) is 0 Å². The lowest BCUT2D eigenvalue weighted by molar-refractivity contribution is -0.393. The Morgan fingerprint density at radius 1 is 1.07 bits per heavy atom. The molecule has 1 atom stereocenters. The minimum Gasteiger partial charge on any atom is -0.497 e. The number of nitro groups is 2. The van der Waals surface area contributed by atoms with E-state index in [4.69, 9.17) is 4.74 Å². The van der Waals surface area contributed by atoms with Crippen LogP contribution < -0.4 is 10.2 Å². The minimum atomic E-state index is -0.663. The number of hydrazone groups is 1. The largest absolute Gasteiger partial charge is 0.497 e. The molecule has 1 unspecified atom stereocenters. The van der Waals surface area contributed by atoms with Gasteiger partial charge < -0.3 is 4.74 Å². The highest BCUT2D eigenvalue weighted by atomic mass is 16.6. The highest BCUT2D eigenvalue weighted by Gasteiger charge is 2.24. The molecule has 9 heteroatoms. The van der Waals surface area contributed by atoms with Crippen LogP contribution in [0.15, 0.2) is 47.6 Å². The van der Waals surface area contributed by atoms with Crippen molar-refractivity contribution in [2.24, 2.45) is 5.10 Å². The maximum absolute atomic E-state index is 11.3. The summed E-state index contributed by atoms with van der Waals surface area (Å²) in [4.78, 5) is 20.8. The van der Waals surface area contributed by atoms with Crippen molar-refractivity contribution in [2.75, 3.05) is 12.5 Å². The quantitative estimate of drug-likeness (QED) is 0.572. The third kappa shape index (κ3) is 4.25. The molecule has 0 bridgehead atoms. The molecule has 1 N–H and O–H groups in total. The lowest BCUT2D eigenvalue weighted by Gasteiger charge is -2.24. The Labute approximate surface area is 161 Å². The number of nitrogens with zero attached hydrogens (tertiary/aromatic N) is 3. The highest BCUT2D eigenvalue weighted by Crippen LogP contribution is 2.33. The zero-order valence-electron chi connectivity index (χ0n) is 15.3. The molecule has 0 amide bonds. The summed E-state index contributed by atoms with van der Waals surface area (Å²) < 4.78 is 5.20. The average Bonchev–Trinajstić information content (AvgIpc) is 2.72. The molecule has 28 heavy (non-hydrogen) atoms. The van der Waals surface area contributed by atoms with Crippen LogP contribution in [0.25, 0.3) is 0 Å². The van der Waals surface area contributed by atoms with E-state index >= 15 is 0 Å². The second kappa shape index (κ2) is 8.47. The van der Waals surface area contributed by atoms with Gasteiger partial charge in [-0.2, -0.15) is 5.10 Å². The molecule has 0 aromatic heterocycles. The Kier molecular flexibility index (Phi) is 5.83. The number of hydrogen-bond donors (Lipinski definition) is 1. The Morgan fingerprint density at radius 3 is 2.46 bits per heavy atom. The standard InChI is InChI=1S/C19H20N4O5/c1-28-15-9-6-13(7-10-15)16-4-2-3-5-17(16)20-21-18-11-8-14(22(24)25)12-19(18)23(26)27/h6-12,16,21H,2-5H2,1H3/b20-17+. The summed E-state index contributed by atoms with van der Waals surface area (Å²) in [6, 6.07) is 11.3. The maximum Gasteiger partial charge on any atom is 0.301 e. The van der Waals surface area contributed by atoms with Gasteiger partial charge in [0, 0.05) is 17.7 Å². The van der Waals surface area contributed by atoms with E-state index in [1.54, 1.807) is 7.11 Å². The van der Waals surface area contributed by atoms with Crippen LogP contribution in [-0.2, 0) is 0 Å². The fourth-order valence-electron chi connectivity index (χ4n) is 3.34. The summed E-state index contributed by atoms with van der Waals surface area (Å²) in [5, 5.41) is 26.6. The number of non-ortho nitro benzene ring substituents is 1. The van der Waals surface area contributed by atoms with Crippen LogP contribution in [0.5, 0.6) is 5.75 Å². The van der Waals surface area contributed by atoms with Crippen LogP contribution in [0, 0.1) is 20.2 Å². The fraction of sp³-hybridized carbons (Fsp3) is 0.316. The van der Waals surface area contributed by atoms with E-state index < -0.39 is 9.85 Å². The molecule has 0 spiro atoms. The van der Waals surface area contributed by atoms with Crippen LogP contribution >= 0.6 is 0 Å². The number of nitro benzene ring substituents is 2. The molecular weight excluding hydrogens is 364 g/mol. The predicted octanol–water partition coefficient (Wildman–Crippen LogP) is 4.64. The molecule has 1 aliphatic carbocycles. The topological polar surface area (TPSA) is 120 Å². The van der Waals surface area contributed by atoms with Crippen molar-refractivity contribution in [3.05, 3.63) is 68.3 Å². The summed E-state index contributed by atoms with van der Waals surface area (Å²) in [5.74, 6) is 0.891. The van der Waals surface area contributed by atoms with Crippen molar-refractivity contribution >= 4 is 22.8 Å². The van der Waals surface area contributed by atoms with Gasteiger partial charge in [0.05, 0.1) is 23.0 Å². The SMILES string of the molecule is COc1ccc(C2CCCC/C2=N\Nc2ccc([N+](=O)[O-])cc2[N+](=O)[O-])cc1. The third-order valence-corrected chi connectivity index (χ3v) is 4.80. The van der Waals surface area contributed by atoms with Crippen LogP contribution in [0.1, 0.15) is 37.2 Å². The maximum atomic E-state index is 11.3. The first-order valence-corrected chi connectivity index (χ1v) is 8.89. The lowest BCUT2D eigenvalue weighted by Crippen LogP contribution is -2.19. The summed E-state index contributed by atoms with van der Waals surface area (Å²) >= 11 is 0. The molecule has 146 valence electrons. The van der Waals surface area contributed by atoms with Gasteiger partial charge in [0.2, 0.25) is 0 Å². The normalized spacial score (nSPS) is 17.9. The highest BCUT2D eigenvalue weighted by molar-refractivity contribution is 5.92. The number of ether oxygens (including phenoxy) is 1. The number of methoxy groups -OCH3 is 1. The van der Waals surface area contributed by atoms with Gasteiger partial charge in [-0.05, 0) is 43.0 Å². The summed E-state index contributed by atoms with van der Waals surface area (Å²) in [5.41, 5.74) is 4.18.